The Morgan fingerprint density at radius 1 is 1.35 bits per heavy atom. The number of nitrogens with one attached hydrogen (secondary N) is 1. The largest absolute Gasteiger partial charge is 0.400 e. The fourth-order valence-electron chi connectivity index (χ4n) is 1.29. The molecule has 0 fully saturated rings. The lowest BCUT2D eigenvalue weighted by molar-refractivity contribution is 0.399. The normalized spacial score (nSPS) is 12.5. The summed E-state index contributed by atoms with van der Waals surface area (Å²) in [5, 5.41) is 10.2. The molecule has 0 aromatic carbocycles. The predicted octanol–water partition coefficient (Wildman–Crippen LogP) is 3.90. The van der Waals surface area contributed by atoms with Crippen LogP contribution in [0.5, 0.6) is 0 Å². The first-order chi connectivity index (χ1) is 8.21. The Labute approximate surface area is 108 Å². The van der Waals surface area contributed by atoms with Gasteiger partial charge in [0, 0.05) is 19.9 Å². The van der Waals surface area contributed by atoms with Gasteiger partial charge in [-0.2, -0.15) is 0 Å². The van der Waals surface area contributed by atoms with Crippen LogP contribution in [0.1, 0.15) is 41.0 Å². The molecule has 0 aliphatic rings. The zero-order valence-electron chi connectivity index (χ0n) is 12.7. The molecule has 0 saturated carbocycles. The van der Waals surface area contributed by atoms with Crippen molar-refractivity contribution in [2.45, 2.75) is 41.0 Å². The number of allylic oxidation sites excluding steroid dienone is 4. The minimum Gasteiger partial charge on any atom is -0.400 e. The van der Waals surface area contributed by atoms with E-state index >= 15 is 0 Å². The number of hydrogen-bond acceptors (Lipinski definition) is 2. The average molecular weight is 241 g/mol. The molecule has 0 aromatic rings. The number of rotatable bonds is 5. The van der Waals surface area contributed by atoms with Crippen LogP contribution in [-0.4, -0.2) is 19.3 Å². The van der Waals surface area contributed by atoms with E-state index in [1.54, 1.807) is 0 Å². The van der Waals surface area contributed by atoms with E-state index < -0.39 is 0 Å². The van der Waals surface area contributed by atoms with Gasteiger partial charge in [-0.25, -0.2) is 0 Å². The Balaban J connectivity index is -0.000000439. The summed E-state index contributed by atoms with van der Waals surface area (Å²) in [6.45, 7) is 14.3. The van der Waals surface area contributed by atoms with Crippen molar-refractivity contribution in [2.75, 3.05) is 14.2 Å². The second-order valence-corrected chi connectivity index (χ2v) is 3.13. The first kappa shape index (κ1) is 21.3. The van der Waals surface area contributed by atoms with Crippen molar-refractivity contribution in [1.82, 2.24) is 5.32 Å². The summed E-state index contributed by atoms with van der Waals surface area (Å²) in [6, 6.07) is 0. The monoisotopic (exact) mass is 241 g/mol. The van der Waals surface area contributed by atoms with Gasteiger partial charge in [-0.05, 0) is 30.9 Å². The molecule has 0 rings (SSSR count). The van der Waals surface area contributed by atoms with E-state index in [-0.39, 0.29) is 0 Å². The molecule has 2 heteroatoms. The highest BCUT2D eigenvalue weighted by Crippen LogP contribution is 2.18. The van der Waals surface area contributed by atoms with E-state index in [9.17, 15) is 0 Å². The highest BCUT2D eigenvalue weighted by molar-refractivity contribution is 5.32. The summed E-state index contributed by atoms with van der Waals surface area (Å²) in [6.07, 6.45) is 7.21. The fraction of sp³-hybridized carbons (Fsp3) is 0.600. The third kappa shape index (κ3) is 9.88. The van der Waals surface area contributed by atoms with Crippen LogP contribution in [-0.2, 0) is 0 Å². The van der Waals surface area contributed by atoms with Gasteiger partial charge in [-0.1, -0.05) is 46.4 Å². The van der Waals surface area contributed by atoms with Gasteiger partial charge >= 0.3 is 0 Å². The molecule has 1 unspecified atom stereocenters. The van der Waals surface area contributed by atoms with Gasteiger partial charge in [0.25, 0.3) is 0 Å². The van der Waals surface area contributed by atoms with E-state index in [0.717, 1.165) is 13.5 Å². The third-order valence-corrected chi connectivity index (χ3v) is 2.28. The molecule has 0 radical (unpaired) electrons. The molecule has 0 amide bonds. The van der Waals surface area contributed by atoms with Crippen LogP contribution in [0.4, 0.5) is 0 Å². The van der Waals surface area contributed by atoms with Crippen molar-refractivity contribution in [3.8, 4) is 0 Å². The van der Waals surface area contributed by atoms with Gasteiger partial charge in [-0.3, -0.25) is 0 Å². The standard InChI is InChI=1S/C12H21N.C2H6.CH4O/c1-6-9-12(13-5)11(8-3)10(4)7-2;2*1-2/h6,8-10,13H,3,7H2,1-2,4-5H3;1-2H3;2H,1H3/b9-6-,12-11-;;. The SMILES string of the molecule is C=C/C(=C(\C=C/C)NC)C(C)CC.CC.CO. The maximum Gasteiger partial charge on any atom is 0.0369 e. The smallest absolute Gasteiger partial charge is 0.0369 e. The molecule has 0 aliphatic carbocycles. The van der Waals surface area contributed by atoms with Crippen LogP contribution in [0.3, 0.4) is 0 Å². The summed E-state index contributed by atoms with van der Waals surface area (Å²) in [5.41, 5.74) is 2.47. The number of aliphatic hydroxyl groups is 1. The molecule has 1 atom stereocenters. The van der Waals surface area contributed by atoms with Crippen molar-refractivity contribution in [1.29, 1.82) is 0 Å². The Bertz CT molecular complexity index is 217. The van der Waals surface area contributed by atoms with E-state index in [1.165, 1.54) is 11.3 Å². The van der Waals surface area contributed by atoms with Crippen LogP contribution in [0.15, 0.2) is 36.1 Å². The summed E-state index contributed by atoms with van der Waals surface area (Å²) in [4.78, 5) is 0. The first-order valence-electron chi connectivity index (χ1n) is 6.32. The molecule has 0 heterocycles. The van der Waals surface area contributed by atoms with Crippen LogP contribution in [0.25, 0.3) is 0 Å². The minimum atomic E-state index is 0.566. The molecule has 0 saturated heterocycles. The quantitative estimate of drug-likeness (QED) is 0.715. The van der Waals surface area contributed by atoms with Crippen molar-refractivity contribution < 1.29 is 5.11 Å². The molecule has 2 nitrogen and oxygen atoms in total. The summed E-state index contributed by atoms with van der Waals surface area (Å²) in [5.74, 6) is 0.566. The van der Waals surface area contributed by atoms with Gasteiger partial charge in [0.1, 0.15) is 0 Å². The molecule has 17 heavy (non-hydrogen) atoms. The summed E-state index contributed by atoms with van der Waals surface area (Å²) < 4.78 is 0. The van der Waals surface area contributed by atoms with Crippen LogP contribution < -0.4 is 5.32 Å². The maximum atomic E-state index is 7.00. The molecular weight excluding hydrogens is 210 g/mol. The molecule has 0 aliphatic heterocycles. The molecular formula is C15H31NO. The molecule has 0 aromatic heterocycles. The first-order valence-corrected chi connectivity index (χ1v) is 6.32. The lowest BCUT2D eigenvalue weighted by Gasteiger charge is -2.14. The van der Waals surface area contributed by atoms with Gasteiger partial charge in [0.05, 0.1) is 0 Å². The van der Waals surface area contributed by atoms with Crippen LogP contribution in [0, 0.1) is 5.92 Å². The highest BCUT2D eigenvalue weighted by Gasteiger charge is 2.06. The van der Waals surface area contributed by atoms with E-state index in [0.29, 0.717) is 5.92 Å². The van der Waals surface area contributed by atoms with Crippen molar-refractivity contribution in [2.24, 2.45) is 5.92 Å². The second-order valence-electron chi connectivity index (χ2n) is 3.13. The van der Waals surface area contributed by atoms with Crippen molar-refractivity contribution in [3.63, 3.8) is 0 Å². The average Bonchev–Trinajstić information content (AvgIpc) is 2.42. The third-order valence-electron chi connectivity index (χ3n) is 2.28. The van der Waals surface area contributed by atoms with E-state index in [2.05, 4.69) is 31.8 Å². The van der Waals surface area contributed by atoms with Crippen molar-refractivity contribution >= 4 is 0 Å². The summed E-state index contributed by atoms with van der Waals surface area (Å²) in [7, 11) is 2.95. The molecule has 2 N–H and O–H groups in total. The number of likely N-dealkylation sites (N-methyl/N-ethyl adjacent to an activating group) is 1. The highest BCUT2D eigenvalue weighted by atomic mass is 16.2. The van der Waals surface area contributed by atoms with Gasteiger partial charge < -0.3 is 10.4 Å². The fourth-order valence-corrected chi connectivity index (χ4v) is 1.29. The van der Waals surface area contributed by atoms with Crippen molar-refractivity contribution in [3.05, 3.63) is 36.1 Å². The zero-order valence-corrected chi connectivity index (χ0v) is 12.7. The maximum absolute atomic E-state index is 7.00. The van der Waals surface area contributed by atoms with Crippen LogP contribution in [0.2, 0.25) is 0 Å². The lowest BCUT2D eigenvalue weighted by Crippen LogP contribution is -2.10. The number of hydrogen-bond donors (Lipinski definition) is 2. The zero-order chi connectivity index (χ0) is 14.3. The Morgan fingerprint density at radius 3 is 2.06 bits per heavy atom. The topological polar surface area (TPSA) is 32.3 Å². The van der Waals surface area contributed by atoms with Gasteiger partial charge in [0.2, 0.25) is 0 Å². The van der Waals surface area contributed by atoms with Gasteiger partial charge in [0.15, 0.2) is 0 Å². The van der Waals surface area contributed by atoms with E-state index in [4.69, 9.17) is 5.11 Å². The second kappa shape index (κ2) is 17.4. The molecule has 0 spiro atoms. The van der Waals surface area contributed by atoms with Gasteiger partial charge in [-0.15, -0.1) is 0 Å². The predicted molar refractivity (Wildman–Crippen MR) is 80.0 cm³/mol. The van der Waals surface area contributed by atoms with E-state index in [1.807, 2.05) is 40.0 Å². The lowest BCUT2D eigenvalue weighted by atomic mass is 9.96. The Hall–Kier alpha value is -1.02. The molecule has 0 bridgehead atoms. The Kier molecular flexibility index (Phi) is 21.8. The number of aliphatic hydroxyl groups excluding tert-OH is 1. The van der Waals surface area contributed by atoms with Crippen LogP contribution >= 0.6 is 0 Å². The summed E-state index contributed by atoms with van der Waals surface area (Å²) >= 11 is 0. The Morgan fingerprint density at radius 2 is 1.82 bits per heavy atom. The minimum absolute atomic E-state index is 0.566. The molecule has 102 valence electrons.